The van der Waals surface area contributed by atoms with Crippen molar-refractivity contribution in [1.29, 1.82) is 0 Å². The van der Waals surface area contributed by atoms with Gasteiger partial charge in [-0.25, -0.2) is 4.79 Å². The summed E-state index contributed by atoms with van der Waals surface area (Å²) in [5.41, 5.74) is 10.6. The Balaban J connectivity index is 2.46. The summed E-state index contributed by atoms with van der Waals surface area (Å²) in [6.07, 6.45) is 0.568. The number of carbonyl (C=O) groups is 2. The third-order valence-electron chi connectivity index (χ3n) is 3.37. The SMILES string of the molecule is CCOC(=O)c1c(N2CCC(C)(O)C2)sc(C(N)=O)c1N. The van der Waals surface area contributed by atoms with E-state index in [4.69, 9.17) is 16.2 Å². The number of carbonyl (C=O) groups excluding carboxylic acids is 2. The molecule has 0 saturated carbocycles. The second-order valence-corrected chi connectivity index (χ2v) is 6.28. The van der Waals surface area contributed by atoms with Gasteiger partial charge in [-0.3, -0.25) is 4.79 Å². The molecule has 0 aromatic carbocycles. The molecular formula is C13H19N3O4S. The molecule has 1 saturated heterocycles. The lowest BCUT2D eigenvalue weighted by Gasteiger charge is -2.20. The van der Waals surface area contributed by atoms with E-state index < -0.39 is 17.5 Å². The van der Waals surface area contributed by atoms with Crippen LogP contribution in [0.1, 0.15) is 40.3 Å². The Labute approximate surface area is 126 Å². The van der Waals surface area contributed by atoms with Gasteiger partial charge in [-0.1, -0.05) is 0 Å². The summed E-state index contributed by atoms with van der Waals surface area (Å²) in [4.78, 5) is 25.5. The van der Waals surface area contributed by atoms with Crippen molar-refractivity contribution in [2.45, 2.75) is 25.9 Å². The molecule has 0 radical (unpaired) electrons. The average molecular weight is 313 g/mol. The number of β-amino-alcohol motifs (C(OH)–C–C–N with tert-alkyl or cyclic N) is 1. The van der Waals surface area contributed by atoms with Crippen LogP contribution < -0.4 is 16.4 Å². The first kappa shape index (κ1) is 15.6. The van der Waals surface area contributed by atoms with Gasteiger partial charge in [0.1, 0.15) is 15.4 Å². The topological polar surface area (TPSA) is 119 Å². The van der Waals surface area contributed by atoms with Crippen LogP contribution >= 0.6 is 11.3 Å². The van der Waals surface area contributed by atoms with Gasteiger partial charge in [-0.05, 0) is 20.3 Å². The first-order chi connectivity index (χ1) is 9.76. The van der Waals surface area contributed by atoms with Gasteiger partial charge in [0.25, 0.3) is 5.91 Å². The molecule has 1 atom stereocenters. The molecule has 8 heteroatoms. The zero-order valence-corrected chi connectivity index (χ0v) is 12.8. The number of nitrogens with two attached hydrogens (primary N) is 2. The molecule has 21 heavy (non-hydrogen) atoms. The van der Waals surface area contributed by atoms with Crippen LogP contribution in [0.2, 0.25) is 0 Å². The summed E-state index contributed by atoms with van der Waals surface area (Å²) in [6.45, 7) is 4.55. The molecule has 1 aliphatic heterocycles. The average Bonchev–Trinajstić information content (AvgIpc) is 2.89. The molecule has 2 heterocycles. The summed E-state index contributed by atoms with van der Waals surface area (Å²) in [5, 5.41) is 10.6. The van der Waals surface area contributed by atoms with E-state index in [-0.39, 0.29) is 22.7 Å². The predicted octanol–water partition coefficient (Wildman–Crippen LogP) is 0.567. The molecule has 1 unspecified atom stereocenters. The van der Waals surface area contributed by atoms with Gasteiger partial charge in [0.2, 0.25) is 0 Å². The van der Waals surface area contributed by atoms with Crippen molar-refractivity contribution in [2.75, 3.05) is 30.3 Å². The fourth-order valence-electron chi connectivity index (χ4n) is 2.36. The monoisotopic (exact) mass is 313 g/mol. The summed E-state index contributed by atoms with van der Waals surface area (Å²) in [6, 6.07) is 0. The molecule has 0 spiro atoms. The van der Waals surface area contributed by atoms with Crippen LogP contribution in [0.5, 0.6) is 0 Å². The third-order valence-corrected chi connectivity index (χ3v) is 4.65. The van der Waals surface area contributed by atoms with E-state index in [1.54, 1.807) is 13.8 Å². The highest BCUT2D eigenvalue weighted by molar-refractivity contribution is 7.19. The van der Waals surface area contributed by atoms with Crippen LogP contribution in [0.4, 0.5) is 10.7 Å². The molecule has 1 aromatic rings. The number of hydrogen-bond donors (Lipinski definition) is 3. The van der Waals surface area contributed by atoms with E-state index in [9.17, 15) is 14.7 Å². The minimum absolute atomic E-state index is 0.0486. The van der Waals surface area contributed by atoms with Crippen molar-refractivity contribution in [3.8, 4) is 0 Å². The molecule has 2 rings (SSSR count). The van der Waals surface area contributed by atoms with Crippen molar-refractivity contribution >= 4 is 33.9 Å². The lowest BCUT2D eigenvalue weighted by atomic mass is 10.1. The van der Waals surface area contributed by atoms with E-state index in [0.717, 1.165) is 11.3 Å². The van der Waals surface area contributed by atoms with Gasteiger partial charge in [0, 0.05) is 13.1 Å². The molecule has 1 aliphatic rings. The summed E-state index contributed by atoms with van der Waals surface area (Å²) in [7, 11) is 0. The molecule has 5 N–H and O–H groups in total. The Bertz CT molecular complexity index is 582. The summed E-state index contributed by atoms with van der Waals surface area (Å²) < 4.78 is 5.00. The van der Waals surface area contributed by atoms with Crippen molar-refractivity contribution in [1.82, 2.24) is 0 Å². The Kier molecular flexibility index (Phi) is 4.11. The number of ether oxygens (including phenoxy) is 1. The molecule has 1 aromatic heterocycles. The second-order valence-electron chi connectivity index (χ2n) is 5.28. The highest BCUT2D eigenvalue weighted by Gasteiger charge is 2.36. The molecule has 7 nitrogen and oxygen atoms in total. The Morgan fingerprint density at radius 3 is 2.67 bits per heavy atom. The maximum atomic E-state index is 12.1. The summed E-state index contributed by atoms with van der Waals surface area (Å²) >= 11 is 1.06. The lowest BCUT2D eigenvalue weighted by molar-refractivity contribution is 0.0528. The smallest absolute Gasteiger partial charge is 0.343 e. The van der Waals surface area contributed by atoms with Gasteiger partial charge in [0.15, 0.2) is 0 Å². The number of amides is 1. The molecule has 0 aliphatic carbocycles. The van der Waals surface area contributed by atoms with E-state index >= 15 is 0 Å². The van der Waals surface area contributed by atoms with Gasteiger partial charge < -0.3 is 26.2 Å². The number of aliphatic hydroxyl groups is 1. The lowest BCUT2D eigenvalue weighted by Crippen LogP contribution is -2.30. The number of nitrogen functional groups attached to an aromatic ring is 1. The Hall–Kier alpha value is -1.80. The maximum Gasteiger partial charge on any atom is 0.343 e. The van der Waals surface area contributed by atoms with Gasteiger partial charge in [-0.15, -0.1) is 11.3 Å². The zero-order chi connectivity index (χ0) is 15.8. The standard InChI is InChI=1S/C13H19N3O4S/c1-3-20-12(18)7-8(14)9(10(15)17)21-11(7)16-5-4-13(2,19)6-16/h19H,3-6,14H2,1-2H3,(H2,15,17). The van der Waals surface area contributed by atoms with Crippen LogP contribution in [0.3, 0.4) is 0 Å². The normalized spacial score (nSPS) is 21.6. The van der Waals surface area contributed by atoms with Crippen LogP contribution in [-0.4, -0.2) is 42.3 Å². The minimum atomic E-state index is -0.836. The largest absolute Gasteiger partial charge is 0.462 e. The number of nitrogens with zero attached hydrogens (tertiary/aromatic N) is 1. The fraction of sp³-hybridized carbons (Fsp3) is 0.538. The number of hydrogen-bond acceptors (Lipinski definition) is 7. The molecule has 1 amide bonds. The quantitative estimate of drug-likeness (QED) is 0.699. The van der Waals surface area contributed by atoms with E-state index in [0.29, 0.717) is 24.5 Å². The second kappa shape index (κ2) is 5.53. The highest BCUT2D eigenvalue weighted by atomic mass is 32.1. The van der Waals surface area contributed by atoms with Crippen molar-refractivity contribution in [2.24, 2.45) is 5.73 Å². The van der Waals surface area contributed by atoms with Crippen LogP contribution in [0.15, 0.2) is 0 Å². The van der Waals surface area contributed by atoms with Crippen molar-refractivity contribution < 1.29 is 19.4 Å². The minimum Gasteiger partial charge on any atom is -0.462 e. The van der Waals surface area contributed by atoms with Crippen LogP contribution in [0, 0.1) is 0 Å². The highest BCUT2D eigenvalue weighted by Crippen LogP contribution is 2.41. The maximum absolute atomic E-state index is 12.1. The first-order valence-corrected chi connectivity index (χ1v) is 7.45. The predicted molar refractivity (Wildman–Crippen MR) is 80.7 cm³/mol. The molecule has 1 fully saturated rings. The van der Waals surface area contributed by atoms with Gasteiger partial charge >= 0.3 is 5.97 Å². The number of thiophene rings is 1. The number of esters is 1. The Morgan fingerprint density at radius 1 is 1.52 bits per heavy atom. The first-order valence-electron chi connectivity index (χ1n) is 6.63. The van der Waals surface area contributed by atoms with E-state index in [1.165, 1.54) is 0 Å². The van der Waals surface area contributed by atoms with Crippen LogP contribution in [0.25, 0.3) is 0 Å². The van der Waals surface area contributed by atoms with Gasteiger partial charge in [0.05, 0.1) is 17.9 Å². The number of rotatable bonds is 4. The fourth-order valence-corrected chi connectivity index (χ4v) is 3.44. The molecular weight excluding hydrogens is 294 g/mol. The number of anilines is 2. The van der Waals surface area contributed by atoms with E-state index in [1.807, 2.05) is 4.90 Å². The summed E-state index contributed by atoms with van der Waals surface area (Å²) in [5.74, 6) is -1.26. The Morgan fingerprint density at radius 2 is 2.19 bits per heavy atom. The van der Waals surface area contributed by atoms with Crippen molar-refractivity contribution in [3.05, 3.63) is 10.4 Å². The third kappa shape index (κ3) is 2.96. The molecule has 116 valence electrons. The number of primary amides is 1. The van der Waals surface area contributed by atoms with Crippen LogP contribution in [-0.2, 0) is 4.74 Å². The van der Waals surface area contributed by atoms with Crippen molar-refractivity contribution in [3.63, 3.8) is 0 Å². The van der Waals surface area contributed by atoms with Gasteiger partial charge in [-0.2, -0.15) is 0 Å². The van der Waals surface area contributed by atoms with E-state index in [2.05, 4.69) is 0 Å². The molecule has 0 bridgehead atoms. The zero-order valence-electron chi connectivity index (χ0n) is 12.0.